The van der Waals surface area contributed by atoms with Gasteiger partial charge in [0.05, 0.1) is 33.8 Å². The summed E-state index contributed by atoms with van der Waals surface area (Å²) in [6.07, 6.45) is 91.1. The van der Waals surface area contributed by atoms with Gasteiger partial charge >= 0.3 is 13.8 Å². The first-order valence-electron chi connectivity index (χ1n) is 39.1. The Morgan fingerprint density at radius 3 is 1.03 bits per heavy atom. The van der Waals surface area contributed by atoms with Crippen LogP contribution in [-0.4, -0.2) is 74.3 Å². The number of phosphoric acid groups is 1. The van der Waals surface area contributed by atoms with Crippen LogP contribution in [-0.2, 0) is 27.9 Å². The van der Waals surface area contributed by atoms with E-state index in [2.05, 4.69) is 74.7 Å². The molecule has 10 heteroatoms. The van der Waals surface area contributed by atoms with Gasteiger partial charge in [-0.25, -0.2) is 4.57 Å². The molecule has 0 aliphatic heterocycles. The summed E-state index contributed by atoms with van der Waals surface area (Å²) in [5, 5.41) is 3.08. The number of allylic oxidation sites excluding steroid dienone is 9. The Kier molecular flexibility index (Phi) is 67.8. The molecule has 0 rings (SSSR count). The van der Waals surface area contributed by atoms with Crippen LogP contribution < -0.4 is 5.32 Å². The number of phosphoric ester groups is 1. The van der Waals surface area contributed by atoms with Crippen molar-refractivity contribution in [1.82, 2.24) is 5.32 Å². The van der Waals surface area contributed by atoms with E-state index in [1.54, 1.807) is 0 Å². The molecule has 0 aromatic rings. The largest absolute Gasteiger partial charge is 0.472 e. The number of unbranched alkanes of at least 4 members (excludes halogenated alkanes) is 48. The maximum atomic E-state index is 13.7. The summed E-state index contributed by atoms with van der Waals surface area (Å²) in [5.74, 6) is -0.490. The summed E-state index contributed by atoms with van der Waals surface area (Å²) >= 11 is 0. The number of esters is 1. The number of likely N-dealkylation sites (N-methyl/N-ethyl adjacent to an activating group) is 1. The highest BCUT2D eigenvalue weighted by molar-refractivity contribution is 7.47. The van der Waals surface area contributed by atoms with Crippen LogP contribution in [0.1, 0.15) is 387 Å². The molecule has 0 saturated carbocycles. The third-order valence-corrected chi connectivity index (χ3v) is 18.7. The maximum absolute atomic E-state index is 13.7. The zero-order valence-corrected chi connectivity index (χ0v) is 61.5. The molecule has 0 aliphatic carbocycles. The number of hydrogen-bond acceptors (Lipinski definition) is 6. The van der Waals surface area contributed by atoms with Crippen LogP contribution in [0.15, 0.2) is 60.8 Å². The molecule has 3 atom stereocenters. The van der Waals surface area contributed by atoms with Crippen molar-refractivity contribution < 1.29 is 37.3 Å². The molecule has 0 bridgehead atoms. The molecule has 2 N–H and O–H groups in total. The van der Waals surface area contributed by atoms with E-state index in [1.165, 1.54) is 276 Å². The standard InChI is InChI=1S/C80H151N2O7P/c1-7-10-13-16-19-22-25-28-30-32-34-36-38-40-41-43-45-47-49-51-53-55-58-61-64-67-70-73-80(84)89-78(71-68-65-62-59-56-27-24-21-18-15-12-9-3)77(76-88-90(85,86)87-75-74-82(4,5)6)81-79(83)72-69-66-63-60-57-54-52-50-48-46-44-42-39-37-35-33-31-29-26-23-20-17-14-11-8-2/h19,22,28,30,34,36,40-41,68,71,77-78H,7-18,20-21,23-27,29,31-33,35,37-39,42-67,69-70,72-76H2,1-6H3,(H-,81,83,85,86)/p+1/b22-19-,30-28-,36-34-,41-40-,71-68+. The van der Waals surface area contributed by atoms with E-state index in [-0.39, 0.29) is 31.5 Å². The lowest BCUT2D eigenvalue weighted by atomic mass is 10.0. The summed E-state index contributed by atoms with van der Waals surface area (Å²) in [5.41, 5.74) is 0. The molecule has 0 heterocycles. The zero-order chi connectivity index (χ0) is 65.6. The fraction of sp³-hybridized carbons (Fsp3) is 0.850. The van der Waals surface area contributed by atoms with E-state index in [9.17, 15) is 19.0 Å². The molecule has 528 valence electrons. The lowest BCUT2D eigenvalue weighted by Gasteiger charge is -2.27. The Morgan fingerprint density at radius 2 is 0.678 bits per heavy atom. The van der Waals surface area contributed by atoms with Crippen LogP contribution in [0.25, 0.3) is 0 Å². The quantitative estimate of drug-likeness (QED) is 0.0205. The molecule has 0 radical (unpaired) electrons. The van der Waals surface area contributed by atoms with Gasteiger partial charge in [-0.3, -0.25) is 18.6 Å². The van der Waals surface area contributed by atoms with Gasteiger partial charge in [-0.05, 0) is 76.7 Å². The van der Waals surface area contributed by atoms with Crippen molar-refractivity contribution in [2.75, 3.05) is 40.9 Å². The number of ether oxygens (including phenoxy) is 1. The van der Waals surface area contributed by atoms with E-state index in [4.69, 9.17) is 13.8 Å². The monoisotopic (exact) mass is 1280 g/mol. The molecule has 9 nitrogen and oxygen atoms in total. The normalized spacial score (nSPS) is 13.7. The van der Waals surface area contributed by atoms with Crippen LogP contribution in [0.4, 0.5) is 0 Å². The van der Waals surface area contributed by atoms with Crippen LogP contribution in [0.3, 0.4) is 0 Å². The molecule has 90 heavy (non-hydrogen) atoms. The number of nitrogens with zero attached hydrogens (tertiary/aromatic N) is 1. The van der Waals surface area contributed by atoms with Gasteiger partial charge in [-0.1, -0.05) is 358 Å². The summed E-state index contributed by atoms with van der Waals surface area (Å²) in [4.78, 5) is 38.0. The van der Waals surface area contributed by atoms with Crippen molar-refractivity contribution in [2.45, 2.75) is 399 Å². The highest BCUT2D eigenvalue weighted by Crippen LogP contribution is 2.43. The molecular weight excluding hydrogens is 1130 g/mol. The minimum atomic E-state index is -4.46. The highest BCUT2D eigenvalue weighted by Gasteiger charge is 2.30. The zero-order valence-electron chi connectivity index (χ0n) is 60.6. The summed E-state index contributed by atoms with van der Waals surface area (Å²) < 4.78 is 30.9. The summed E-state index contributed by atoms with van der Waals surface area (Å²) in [6, 6.07) is -0.850. The van der Waals surface area contributed by atoms with Gasteiger partial charge < -0.3 is 19.4 Å². The third kappa shape index (κ3) is 70.0. The molecule has 0 fully saturated rings. The van der Waals surface area contributed by atoms with Gasteiger partial charge in [-0.15, -0.1) is 0 Å². The second-order valence-electron chi connectivity index (χ2n) is 27.9. The fourth-order valence-corrected chi connectivity index (χ4v) is 12.4. The molecular formula is C80H152N2O7P+. The number of amides is 1. The number of rotatable bonds is 72. The highest BCUT2D eigenvalue weighted by atomic mass is 31.2. The lowest BCUT2D eigenvalue weighted by molar-refractivity contribution is -0.870. The van der Waals surface area contributed by atoms with E-state index < -0.39 is 20.0 Å². The summed E-state index contributed by atoms with van der Waals surface area (Å²) in [6.45, 7) is 7.05. The van der Waals surface area contributed by atoms with Gasteiger partial charge in [0.2, 0.25) is 5.91 Å². The van der Waals surface area contributed by atoms with Crippen molar-refractivity contribution >= 4 is 19.7 Å². The Labute approximate surface area is 560 Å². The molecule has 0 aliphatic rings. The molecule has 0 aromatic heterocycles. The minimum Gasteiger partial charge on any atom is -0.456 e. The summed E-state index contributed by atoms with van der Waals surface area (Å²) in [7, 11) is 1.51. The SMILES string of the molecule is CCCCC/C=C\C/C=C\C/C=C\C/C=C\CCCCCCCCCCCCCC(=O)OC(/C=C/CCCCCCCCCCCC)C(COP(=O)(O)OCC[N+](C)(C)C)NC(=O)CCCCCCCCCCCCCCCCCCCCCCCCCCC. The van der Waals surface area contributed by atoms with E-state index in [0.29, 0.717) is 17.4 Å². The van der Waals surface area contributed by atoms with E-state index in [0.717, 1.165) is 77.0 Å². The fourth-order valence-electron chi connectivity index (χ4n) is 11.7. The third-order valence-electron chi connectivity index (χ3n) is 17.7. The van der Waals surface area contributed by atoms with Crippen LogP contribution in [0.2, 0.25) is 0 Å². The number of nitrogens with one attached hydrogen (secondary N) is 1. The lowest BCUT2D eigenvalue weighted by Crippen LogP contribution is -2.47. The van der Waals surface area contributed by atoms with Crippen molar-refractivity contribution in [3.8, 4) is 0 Å². The van der Waals surface area contributed by atoms with Crippen LogP contribution in [0, 0.1) is 0 Å². The predicted molar refractivity (Wildman–Crippen MR) is 392 cm³/mol. The molecule has 3 unspecified atom stereocenters. The van der Waals surface area contributed by atoms with Crippen molar-refractivity contribution in [3.63, 3.8) is 0 Å². The predicted octanol–water partition coefficient (Wildman–Crippen LogP) is 25.3. The van der Waals surface area contributed by atoms with E-state index >= 15 is 0 Å². The second kappa shape index (κ2) is 69.5. The number of carbonyl (C=O) groups is 2. The topological polar surface area (TPSA) is 111 Å². The first-order valence-corrected chi connectivity index (χ1v) is 40.6. The average Bonchev–Trinajstić information content (AvgIpc) is 3.12. The Hall–Kier alpha value is -2.29. The smallest absolute Gasteiger partial charge is 0.456 e. The van der Waals surface area contributed by atoms with Crippen molar-refractivity contribution in [2.24, 2.45) is 0 Å². The maximum Gasteiger partial charge on any atom is 0.472 e. The van der Waals surface area contributed by atoms with Crippen LogP contribution >= 0.6 is 7.82 Å². The molecule has 0 saturated heterocycles. The van der Waals surface area contributed by atoms with Gasteiger partial charge in [0.15, 0.2) is 0 Å². The number of quaternary nitrogens is 1. The molecule has 1 amide bonds. The van der Waals surface area contributed by atoms with Crippen molar-refractivity contribution in [1.29, 1.82) is 0 Å². The van der Waals surface area contributed by atoms with Gasteiger partial charge in [-0.2, -0.15) is 0 Å². The first kappa shape index (κ1) is 87.7. The number of hydrogen-bond donors (Lipinski definition) is 2. The molecule has 0 aromatic carbocycles. The van der Waals surface area contributed by atoms with Crippen LogP contribution in [0.5, 0.6) is 0 Å². The molecule has 0 spiro atoms. The van der Waals surface area contributed by atoms with Gasteiger partial charge in [0, 0.05) is 12.8 Å². The second-order valence-corrected chi connectivity index (χ2v) is 29.3. The average molecular weight is 1290 g/mol. The van der Waals surface area contributed by atoms with E-state index in [1.807, 2.05) is 33.3 Å². The number of carbonyl (C=O) groups excluding carboxylic acids is 2. The Morgan fingerprint density at radius 1 is 0.389 bits per heavy atom. The van der Waals surface area contributed by atoms with Gasteiger partial charge in [0.1, 0.15) is 19.3 Å². The Balaban J connectivity index is 4.94. The minimum absolute atomic E-state index is 0.0410. The van der Waals surface area contributed by atoms with Crippen molar-refractivity contribution in [3.05, 3.63) is 60.8 Å². The first-order chi connectivity index (χ1) is 43.9. The van der Waals surface area contributed by atoms with Gasteiger partial charge in [0.25, 0.3) is 0 Å². The Bertz CT molecular complexity index is 1720.